The van der Waals surface area contributed by atoms with Gasteiger partial charge in [0.2, 0.25) is 0 Å². The summed E-state index contributed by atoms with van der Waals surface area (Å²) in [5.41, 5.74) is -0.963. The Morgan fingerprint density at radius 1 is 1.30 bits per heavy atom. The van der Waals surface area contributed by atoms with Gasteiger partial charge >= 0.3 is 6.09 Å². The van der Waals surface area contributed by atoms with Crippen LogP contribution in [0, 0.1) is 23.0 Å². The lowest BCUT2D eigenvalue weighted by Crippen LogP contribution is -2.60. The number of carbonyl (C=O) groups excluding carboxylic acids is 1. The number of rotatable bonds is 1. The fraction of sp³-hybridized carbons (Fsp3) is 0.579. The number of benzene rings is 1. The first-order chi connectivity index (χ1) is 12.7. The molecule has 6 nitrogen and oxygen atoms in total. The van der Waals surface area contributed by atoms with E-state index < -0.39 is 28.9 Å². The van der Waals surface area contributed by atoms with Gasteiger partial charge in [0.25, 0.3) is 0 Å². The molecule has 0 N–H and O–H groups in total. The number of morpholine rings is 1. The van der Waals surface area contributed by atoms with E-state index in [1.54, 1.807) is 11.0 Å². The minimum Gasteiger partial charge on any atom is -0.444 e. The maximum Gasteiger partial charge on any atom is 0.410 e. The van der Waals surface area contributed by atoms with Gasteiger partial charge in [-0.05, 0) is 26.8 Å². The summed E-state index contributed by atoms with van der Waals surface area (Å²) in [5.74, 6) is -1.74. The Hall–Kier alpha value is -2.24. The van der Waals surface area contributed by atoms with Crippen molar-refractivity contribution in [2.75, 3.05) is 32.8 Å². The van der Waals surface area contributed by atoms with Gasteiger partial charge in [-0.25, -0.2) is 13.6 Å². The van der Waals surface area contributed by atoms with Gasteiger partial charge < -0.3 is 14.4 Å². The van der Waals surface area contributed by atoms with Gasteiger partial charge in [-0.1, -0.05) is 6.07 Å². The first kappa shape index (κ1) is 19.5. The van der Waals surface area contributed by atoms with Crippen LogP contribution in [0.5, 0.6) is 0 Å². The molecule has 3 rings (SSSR count). The van der Waals surface area contributed by atoms with Crippen molar-refractivity contribution in [3.8, 4) is 6.07 Å². The van der Waals surface area contributed by atoms with Gasteiger partial charge in [-0.3, -0.25) is 4.90 Å². The van der Waals surface area contributed by atoms with Crippen molar-refractivity contribution < 1.29 is 23.0 Å². The predicted octanol–water partition coefficient (Wildman–Crippen LogP) is 2.83. The van der Waals surface area contributed by atoms with Crippen LogP contribution in [0.3, 0.4) is 0 Å². The van der Waals surface area contributed by atoms with Gasteiger partial charge in [-0.2, -0.15) is 5.26 Å². The molecule has 1 aromatic carbocycles. The number of nitrogens with zero attached hydrogens (tertiary/aromatic N) is 3. The third-order valence-corrected chi connectivity index (χ3v) is 4.73. The fourth-order valence-corrected chi connectivity index (χ4v) is 3.38. The van der Waals surface area contributed by atoms with Crippen molar-refractivity contribution in [1.29, 1.82) is 5.26 Å². The SMILES string of the molecule is CC(C)(C)OC(=O)N1CCN2C[C@H](c3ccc(F)c(C#N)c3F)OC[C@@H]2C1. The van der Waals surface area contributed by atoms with Gasteiger partial charge in [0.1, 0.15) is 28.9 Å². The maximum absolute atomic E-state index is 14.4. The summed E-state index contributed by atoms with van der Waals surface area (Å²) in [5, 5.41) is 8.94. The third kappa shape index (κ3) is 4.20. The van der Waals surface area contributed by atoms with Crippen LogP contribution >= 0.6 is 0 Å². The van der Waals surface area contributed by atoms with Crippen LogP contribution in [-0.2, 0) is 9.47 Å². The van der Waals surface area contributed by atoms with Gasteiger partial charge in [-0.15, -0.1) is 0 Å². The van der Waals surface area contributed by atoms with E-state index in [0.717, 1.165) is 6.07 Å². The number of fused-ring (bicyclic) bond motifs is 1. The van der Waals surface area contributed by atoms with Gasteiger partial charge in [0, 0.05) is 31.7 Å². The molecule has 2 atom stereocenters. The number of amides is 1. The van der Waals surface area contributed by atoms with Gasteiger partial charge in [0.05, 0.1) is 18.8 Å². The van der Waals surface area contributed by atoms with E-state index in [9.17, 15) is 13.6 Å². The molecule has 1 aromatic rings. The molecule has 2 aliphatic heterocycles. The summed E-state index contributed by atoms with van der Waals surface area (Å²) in [7, 11) is 0. The topological polar surface area (TPSA) is 65.8 Å². The van der Waals surface area contributed by atoms with Crippen molar-refractivity contribution in [3.05, 3.63) is 34.9 Å². The lowest BCUT2D eigenvalue weighted by molar-refractivity contribution is -0.0915. The van der Waals surface area contributed by atoms with Crippen LogP contribution in [0.2, 0.25) is 0 Å². The Kier molecular flexibility index (Phi) is 5.36. The standard InChI is InChI=1S/C19H23F2N3O3/c1-19(2,3)27-18(25)24-7-6-23-10-16(26-11-12(23)9-24)13-4-5-15(20)14(8-22)17(13)21/h4-5,12,16H,6-7,9-11H2,1-3H3/t12-,16+/m0/s1. The Labute approximate surface area is 157 Å². The van der Waals surface area contributed by atoms with E-state index in [1.165, 1.54) is 6.07 Å². The second kappa shape index (κ2) is 7.41. The summed E-state index contributed by atoms with van der Waals surface area (Å²) in [6.45, 7) is 7.78. The molecule has 0 bridgehead atoms. The highest BCUT2D eigenvalue weighted by Gasteiger charge is 2.37. The third-order valence-electron chi connectivity index (χ3n) is 4.73. The number of nitriles is 1. The van der Waals surface area contributed by atoms with Crippen LogP contribution in [0.1, 0.15) is 38.0 Å². The number of hydrogen-bond acceptors (Lipinski definition) is 5. The fourth-order valence-electron chi connectivity index (χ4n) is 3.38. The van der Waals surface area contributed by atoms with Crippen LogP contribution in [0.4, 0.5) is 13.6 Å². The molecule has 0 saturated carbocycles. The molecule has 2 heterocycles. The molecule has 27 heavy (non-hydrogen) atoms. The lowest BCUT2D eigenvalue weighted by Gasteiger charge is -2.46. The van der Waals surface area contributed by atoms with Crippen molar-refractivity contribution in [1.82, 2.24) is 9.80 Å². The van der Waals surface area contributed by atoms with E-state index in [2.05, 4.69) is 4.90 Å². The second-order valence-corrected chi connectivity index (χ2v) is 7.83. The molecular weight excluding hydrogens is 356 g/mol. The zero-order chi connectivity index (χ0) is 19.8. The monoisotopic (exact) mass is 379 g/mol. The molecule has 0 unspecified atom stereocenters. The first-order valence-electron chi connectivity index (χ1n) is 8.91. The highest BCUT2D eigenvalue weighted by molar-refractivity contribution is 5.68. The van der Waals surface area contributed by atoms with E-state index >= 15 is 0 Å². The Bertz CT molecular complexity index is 773. The predicted molar refractivity (Wildman–Crippen MR) is 92.9 cm³/mol. The first-order valence-corrected chi connectivity index (χ1v) is 8.91. The second-order valence-electron chi connectivity index (χ2n) is 7.83. The highest BCUT2D eigenvalue weighted by Crippen LogP contribution is 2.30. The molecule has 146 valence electrons. The lowest BCUT2D eigenvalue weighted by atomic mass is 10.0. The number of hydrogen-bond donors (Lipinski definition) is 0. The van der Waals surface area contributed by atoms with Crippen molar-refractivity contribution >= 4 is 6.09 Å². The molecule has 2 aliphatic rings. The van der Waals surface area contributed by atoms with Crippen LogP contribution in [0.25, 0.3) is 0 Å². The largest absolute Gasteiger partial charge is 0.444 e. The summed E-state index contributed by atoms with van der Waals surface area (Å²) in [6, 6.07) is 3.96. The molecule has 0 radical (unpaired) electrons. The minimum absolute atomic E-state index is 0.0125. The molecule has 0 spiro atoms. The Balaban J connectivity index is 1.67. The molecule has 0 aliphatic carbocycles. The number of carbonyl (C=O) groups is 1. The number of ether oxygens (including phenoxy) is 2. The molecule has 2 fully saturated rings. The Morgan fingerprint density at radius 2 is 2.04 bits per heavy atom. The summed E-state index contributed by atoms with van der Waals surface area (Å²) in [4.78, 5) is 16.0. The number of halogens is 2. The smallest absolute Gasteiger partial charge is 0.410 e. The molecule has 0 aromatic heterocycles. The maximum atomic E-state index is 14.4. The Morgan fingerprint density at radius 3 is 2.70 bits per heavy atom. The van der Waals surface area contributed by atoms with E-state index in [0.29, 0.717) is 32.8 Å². The van der Waals surface area contributed by atoms with Crippen molar-refractivity contribution in [3.63, 3.8) is 0 Å². The van der Waals surface area contributed by atoms with Crippen LogP contribution in [-0.4, -0.2) is 60.3 Å². The molecule has 8 heteroatoms. The average molecular weight is 379 g/mol. The van der Waals surface area contributed by atoms with Gasteiger partial charge in [0.15, 0.2) is 0 Å². The molecular formula is C19H23F2N3O3. The summed E-state index contributed by atoms with van der Waals surface area (Å²) >= 11 is 0. The highest BCUT2D eigenvalue weighted by atomic mass is 19.1. The zero-order valence-electron chi connectivity index (χ0n) is 15.7. The summed E-state index contributed by atoms with van der Waals surface area (Å²) in [6.07, 6.45) is -0.936. The molecule has 1 amide bonds. The minimum atomic E-state index is -0.876. The van der Waals surface area contributed by atoms with Crippen molar-refractivity contribution in [2.45, 2.75) is 38.5 Å². The van der Waals surface area contributed by atoms with E-state index in [1.807, 2.05) is 20.8 Å². The van der Waals surface area contributed by atoms with E-state index in [4.69, 9.17) is 14.7 Å². The molecule has 2 saturated heterocycles. The quantitative estimate of drug-likeness (QED) is 0.751. The van der Waals surface area contributed by atoms with Crippen LogP contribution < -0.4 is 0 Å². The normalized spacial score (nSPS) is 23.5. The van der Waals surface area contributed by atoms with Crippen LogP contribution in [0.15, 0.2) is 12.1 Å². The zero-order valence-corrected chi connectivity index (χ0v) is 15.7. The van der Waals surface area contributed by atoms with E-state index in [-0.39, 0.29) is 17.7 Å². The average Bonchev–Trinajstić information content (AvgIpc) is 2.60. The summed E-state index contributed by atoms with van der Waals surface area (Å²) < 4.78 is 39.2. The van der Waals surface area contributed by atoms with Crippen molar-refractivity contribution in [2.24, 2.45) is 0 Å². The number of piperazine rings is 1.